The maximum Gasteiger partial charge on any atom is 0.106 e. The Morgan fingerprint density at radius 2 is 1.82 bits per heavy atom. The number of hydrogen-bond donors (Lipinski definition) is 2. The molecule has 0 spiro atoms. The molecule has 2 aromatic rings. The molecule has 1 unspecified atom stereocenters. The summed E-state index contributed by atoms with van der Waals surface area (Å²) in [7, 11) is 0. The van der Waals surface area contributed by atoms with E-state index in [4.69, 9.17) is 5.73 Å². The van der Waals surface area contributed by atoms with Gasteiger partial charge in [-0.05, 0) is 36.2 Å². The number of benzene rings is 2. The number of aliphatic hydroxyl groups is 1. The number of anilines is 1. The van der Waals surface area contributed by atoms with Gasteiger partial charge in [-0.25, -0.2) is 0 Å². The van der Waals surface area contributed by atoms with Crippen LogP contribution in [0.3, 0.4) is 0 Å². The van der Waals surface area contributed by atoms with Gasteiger partial charge in [0.1, 0.15) is 6.10 Å². The number of nitrogens with two attached hydrogens (primary N) is 1. The lowest BCUT2D eigenvalue weighted by Gasteiger charge is -2.16. The molecular formula is C14H14BrNO. The average Bonchev–Trinajstić information content (AvgIpc) is 2.32. The van der Waals surface area contributed by atoms with Crippen molar-refractivity contribution in [3.63, 3.8) is 0 Å². The molecule has 0 aliphatic heterocycles. The zero-order chi connectivity index (χ0) is 12.4. The van der Waals surface area contributed by atoms with Gasteiger partial charge in [-0.15, -0.1) is 0 Å². The van der Waals surface area contributed by atoms with Crippen molar-refractivity contribution in [3.8, 4) is 0 Å². The van der Waals surface area contributed by atoms with Gasteiger partial charge in [0.2, 0.25) is 0 Å². The summed E-state index contributed by atoms with van der Waals surface area (Å²) in [6.07, 6.45) is -0.686. The van der Waals surface area contributed by atoms with Gasteiger partial charge in [0.15, 0.2) is 0 Å². The highest BCUT2D eigenvalue weighted by Gasteiger charge is 2.15. The summed E-state index contributed by atoms with van der Waals surface area (Å²) in [5.41, 5.74) is 9.17. The molecule has 0 radical (unpaired) electrons. The van der Waals surface area contributed by atoms with Crippen molar-refractivity contribution in [3.05, 3.63) is 63.6 Å². The Morgan fingerprint density at radius 1 is 1.12 bits per heavy atom. The quantitative estimate of drug-likeness (QED) is 0.833. The largest absolute Gasteiger partial charge is 0.398 e. The van der Waals surface area contributed by atoms with Crippen LogP contribution in [0.4, 0.5) is 5.69 Å². The van der Waals surface area contributed by atoms with Crippen LogP contribution in [0.2, 0.25) is 0 Å². The van der Waals surface area contributed by atoms with E-state index < -0.39 is 6.10 Å². The van der Waals surface area contributed by atoms with E-state index in [0.29, 0.717) is 5.69 Å². The number of rotatable bonds is 2. The lowest BCUT2D eigenvalue weighted by Crippen LogP contribution is -2.05. The summed E-state index contributed by atoms with van der Waals surface area (Å²) in [6.45, 7) is 1.98. The molecule has 3 heteroatoms. The van der Waals surface area contributed by atoms with Crippen LogP contribution in [0.5, 0.6) is 0 Å². The Hall–Kier alpha value is -1.32. The van der Waals surface area contributed by atoms with Crippen LogP contribution in [0, 0.1) is 6.92 Å². The van der Waals surface area contributed by atoms with Gasteiger partial charge in [-0.2, -0.15) is 0 Å². The molecule has 0 bridgehead atoms. The van der Waals surface area contributed by atoms with Gasteiger partial charge < -0.3 is 10.8 Å². The Bertz CT molecular complexity index is 539. The second-order valence-electron chi connectivity index (χ2n) is 4.03. The highest BCUT2D eigenvalue weighted by atomic mass is 79.9. The molecule has 17 heavy (non-hydrogen) atoms. The predicted molar refractivity (Wildman–Crippen MR) is 73.8 cm³/mol. The second-order valence-corrected chi connectivity index (χ2v) is 4.95. The molecule has 3 N–H and O–H groups in total. The summed E-state index contributed by atoms with van der Waals surface area (Å²) >= 11 is 3.39. The highest BCUT2D eigenvalue weighted by Crippen LogP contribution is 2.30. The van der Waals surface area contributed by atoms with Gasteiger partial charge in [-0.3, -0.25) is 0 Å². The summed E-state index contributed by atoms with van der Waals surface area (Å²) < 4.78 is 0.911. The van der Waals surface area contributed by atoms with Crippen LogP contribution in [0.15, 0.2) is 46.9 Å². The Balaban J connectivity index is 2.47. The molecule has 0 saturated heterocycles. The molecule has 0 aromatic heterocycles. The van der Waals surface area contributed by atoms with Crippen LogP contribution in [0.25, 0.3) is 0 Å². The van der Waals surface area contributed by atoms with E-state index >= 15 is 0 Å². The molecule has 0 aliphatic rings. The normalized spacial score (nSPS) is 12.4. The minimum Gasteiger partial charge on any atom is -0.398 e. The van der Waals surface area contributed by atoms with E-state index in [1.807, 2.05) is 43.3 Å². The molecule has 2 rings (SSSR count). The molecule has 0 saturated carbocycles. The fourth-order valence-electron chi connectivity index (χ4n) is 1.84. The van der Waals surface area contributed by atoms with E-state index in [2.05, 4.69) is 15.9 Å². The van der Waals surface area contributed by atoms with Crippen molar-refractivity contribution in [2.45, 2.75) is 13.0 Å². The number of aliphatic hydroxyl groups excluding tert-OH is 1. The first-order chi connectivity index (χ1) is 8.09. The van der Waals surface area contributed by atoms with Crippen LogP contribution in [0.1, 0.15) is 22.8 Å². The van der Waals surface area contributed by atoms with E-state index in [1.165, 1.54) is 0 Å². The van der Waals surface area contributed by atoms with Gasteiger partial charge in [0.05, 0.1) is 0 Å². The van der Waals surface area contributed by atoms with Crippen LogP contribution < -0.4 is 5.73 Å². The van der Waals surface area contributed by atoms with Crippen LogP contribution >= 0.6 is 15.9 Å². The van der Waals surface area contributed by atoms with Crippen molar-refractivity contribution in [2.75, 3.05) is 5.73 Å². The van der Waals surface area contributed by atoms with E-state index in [1.54, 1.807) is 6.07 Å². The Labute approximate surface area is 109 Å². The summed E-state index contributed by atoms with van der Waals surface area (Å²) in [6, 6.07) is 13.3. The molecule has 2 aromatic carbocycles. The first kappa shape index (κ1) is 12.1. The first-order valence-electron chi connectivity index (χ1n) is 5.38. The van der Waals surface area contributed by atoms with Crippen molar-refractivity contribution in [1.29, 1.82) is 0 Å². The SMILES string of the molecule is Cc1ccccc1C(O)c1cc(Br)ccc1N. The number of nitrogen functional groups attached to an aromatic ring is 1. The maximum absolute atomic E-state index is 10.4. The third kappa shape index (κ3) is 2.51. The van der Waals surface area contributed by atoms with Crippen molar-refractivity contribution in [2.24, 2.45) is 0 Å². The molecule has 1 atom stereocenters. The van der Waals surface area contributed by atoms with Gasteiger partial charge in [-0.1, -0.05) is 40.2 Å². The number of halogens is 1. The minimum atomic E-state index is -0.686. The molecule has 2 nitrogen and oxygen atoms in total. The van der Waals surface area contributed by atoms with Crippen molar-refractivity contribution < 1.29 is 5.11 Å². The van der Waals surface area contributed by atoms with Gasteiger partial charge >= 0.3 is 0 Å². The molecule has 88 valence electrons. The molecule has 0 amide bonds. The fraction of sp³-hybridized carbons (Fsp3) is 0.143. The van der Waals surface area contributed by atoms with E-state index in [0.717, 1.165) is 21.2 Å². The third-order valence-corrected chi connectivity index (χ3v) is 3.32. The van der Waals surface area contributed by atoms with Crippen molar-refractivity contribution in [1.82, 2.24) is 0 Å². The highest BCUT2D eigenvalue weighted by molar-refractivity contribution is 9.10. The Kier molecular flexibility index (Phi) is 3.50. The Morgan fingerprint density at radius 3 is 2.53 bits per heavy atom. The first-order valence-corrected chi connectivity index (χ1v) is 6.17. The van der Waals surface area contributed by atoms with Crippen LogP contribution in [-0.2, 0) is 0 Å². The van der Waals surface area contributed by atoms with Crippen LogP contribution in [-0.4, -0.2) is 5.11 Å². The second kappa shape index (κ2) is 4.90. The summed E-state index contributed by atoms with van der Waals surface area (Å²) in [5, 5.41) is 10.4. The zero-order valence-corrected chi connectivity index (χ0v) is 11.1. The monoisotopic (exact) mass is 291 g/mol. The smallest absolute Gasteiger partial charge is 0.106 e. The predicted octanol–water partition coefficient (Wildman–Crippen LogP) is 3.42. The zero-order valence-electron chi connectivity index (χ0n) is 9.52. The molecular weight excluding hydrogens is 278 g/mol. The van der Waals surface area contributed by atoms with Gasteiger partial charge in [0, 0.05) is 15.7 Å². The average molecular weight is 292 g/mol. The summed E-state index contributed by atoms with van der Waals surface area (Å²) in [4.78, 5) is 0. The molecule has 0 fully saturated rings. The lowest BCUT2D eigenvalue weighted by molar-refractivity contribution is 0.220. The topological polar surface area (TPSA) is 46.2 Å². The number of aryl methyl sites for hydroxylation is 1. The molecule has 0 heterocycles. The van der Waals surface area contributed by atoms with E-state index in [9.17, 15) is 5.11 Å². The fourth-order valence-corrected chi connectivity index (χ4v) is 2.22. The maximum atomic E-state index is 10.4. The van der Waals surface area contributed by atoms with Gasteiger partial charge in [0.25, 0.3) is 0 Å². The molecule has 0 aliphatic carbocycles. The number of hydrogen-bond acceptors (Lipinski definition) is 2. The minimum absolute atomic E-state index is 0.601. The lowest BCUT2D eigenvalue weighted by atomic mass is 9.96. The third-order valence-electron chi connectivity index (χ3n) is 2.83. The van der Waals surface area contributed by atoms with E-state index in [-0.39, 0.29) is 0 Å². The summed E-state index contributed by atoms with van der Waals surface area (Å²) in [5.74, 6) is 0. The van der Waals surface area contributed by atoms with Crippen molar-refractivity contribution >= 4 is 21.6 Å². The standard InChI is InChI=1S/C14H14BrNO/c1-9-4-2-3-5-11(9)14(17)12-8-10(15)6-7-13(12)16/h2-8,14,17H,16H2,1H3.